The average molecular weight is 286 g/mol. The molecule has 0 saturated carbocycles. The molecule has 3 heteroatoms. The van der Waals surface area contributed by atoms with Crippen LogP contribution < -0.4 is 5.73 Å². The third-order valence-corrected chi connectivity index (χ3v) is 3.43. The van der Waals surface area contributed by atoms with Crippen LogP contribution in [0.15, 0.2) is 24.3 Å². The van der Waals surface area contributed by atoms with Crippen LogP contribution in [-0.2, 0) is 11.3 Å². The molecule has 0 spiro atoms. The van der Waals surface area contributed by atoms with E-state index in [9.17, 15) is 0 Å². The first-order chi connectivity index (χ1) is 9.80. The molecule has 0 aliphatic carbocycles. The Hall–Kier alpha value is -1.34. The number of ether oxygens (including phenoxy) is 1. The Balaban J connectivity index is 2.10. The monoisotopic (exact) mass is 286 g/mol. The molecule has 1 heterocycles. The van der Waals surface area contributed by atoms with Crippen molar-refractivity contribution in [2.45, 2.75) is 45.4 Å². The number of nitrogens with two attached hydrogens (primary N) is 1. The van der Waals surface area contributed by atoms with E-state index < -0.39 is 0 Å². The zero-order valence-corrected chi connectivity index (χ0v) is 13.6. The molecule has 21 heavy (non-hydrogen) atoms. The molecule has 2 rings (SSSR count). The lowest BCUT2D eigenvalue weighted by Gasteiger charge is -2.47. The lowest BCUT2D eigenvalue weighted by atomic mass is 9.98. The SMILES string of the molecule is CC1(C)CN(Cc2cccc(C#CCN)c2)CC(C)(C)O1. The van der Waals surface area contributed by atoms with Crippen LogP contribution in [0.5, 0.6) is 0 Å². The zero-order valence-electron chi connectivity index (χ0n) is 13.6. The van der Waals surface area contributed by atoms with Gasteiger partial charge in [0.2, 0.25) is 0 Å². The topological polar surface area (TPSA) is 38.5 Å². The Morgan fingerprint density at radius 2 is 1.86 bits per heavy atom. The summed E-state index contributed by atoms with van der Waals surface area (Å²) in [6, 6.07) is 8.40. The molecule has 0 bridgehead atoms. The summed E-state index contributed by atoms with van der Waals surface area (Å²) in [5, 5.41) is 0. The van der Waals surface area contributed by atoms with E-state index >= 15 is 0 Å². The Morgan fingerprint density at radius 3 is 2.48 bits per heavy atom. The van der Waals surface area contributed by atoms with Crippen LogP contribution in [0, 0.1) is 11.8 Å². The molecular formula is C18H26N2O. The predicted molar refractivity (Wildman–Crippen MR) is 86.9 cm³/mol. The molecule has 0 atom stereocenters. The number of hydrogen-bond acceptors (Lipinski definition) is 3. The summed E-state index contributed by atoms with van der Waals surface area (Å²) in [6.45, 7) is 11.8. The van der Waals surface area contributed by atoms with Gasteiger partial charge in [0.1, 0.15) is 0 Å². The smallest absolute Gasteiger partial charge is 0.0760 e. The Morgan fingerprint density at radius 1 is 1.19 bits per heavy atom. The van der Waals surface area contributed by atoms with Gasteiger partial charge in [-0.05, 0) is 45.4 Å². The van der Waals surface area contributed by atoms with Gasteiger partial charge in [0, 0.05) is 25.2 Å². The minimum atomic E-state index is -0.112. The molecule has 114 valence electrons. The van der Waals surface area contributed by atoms with Crippen molar-refractivity contribution in [3.05, 3.63) is 35.4 Å². The molecule has 0 unspecified atom stereocenters. The number of rotatable bonds is 2. The largest absolute Gasteiger partial charge is 0.367 e. The minimum Gasteiger partial charge on any atom is -0.367 e. The number of benzene rings is 1. The van der Waals surface area contributed by atoms with Crippen molar-refractivity contribution < 1.29 is 4.74 Å². The van der Waals surface area contributed by atoms with Crippen LogP contribution in [0.4, 0.5) is 0 Å². The summed E-state index contributed by atoms with van der Waals surface area (Å²) in [7, 11) is 0. The van der Waals surface area contributed by atoms with E-state index in [0.717, 1.165) is 25.2 Å². The molecule has 1 aliphatic rings. The van der Waals surface area contributed by atoms with Gasteiger partial charge in [-0.15, -0.1) is 0 Å². The quantitative estimate of drug-likeness (QED) is 0.848. The van der Waals surface area contributed by atoms with Crippen molar-refractivity contribution in [3.8, 4) is 11.8 Å². The highest BCUT2D eigenvalue weighted by atomic mass is 16.5. The Kier molecular flexibility index (Phi) is 4.73. The molecule has 1 aromatic rings. The molecule has 0 aromatic heterocycles. The van der Waals surface area contributed by atoms with E-state index in [0.29, 0.717) is 6.54 Å². The van der Waals surface area contributed by atoms with Gasteiger partial charge < -0.3 is 10.5 Å². The maximum Gasteiger partial charge on any atom is 0.0760 e. The lowest BCUT2D eigenvalue weighted by molar-refractivity contribution is -0.182. The van der Waals surface area contributed by atoms with Gasteiger partial charge in [0.05, 0.1) is 17.7 Å². The molecule has 1 aromatic carbocycles. The predicted octanol–water partition coefficient (Wildman–Crippen LogP) is 2.39. The summed E-state index contributed by atoms with van der Waals surface area (Å²) in [6.07, 6.45) is 0. The molecule has 0 radical (unpaired) electrons. The minimum absolute atomic E-state index is 0.112. The highest BCUT2D eigenvalue weighted by Gasteiger charge is 2.37. The number of nitrogens with zero attached hydrogens (tertiary/aromatic N) is 1. The molecule has 1 saturated heterocycles. The molecule has 0 amide bonds. The van der Waals surface area contributed by atoms with E-state index in [1.54, 1.807) is 0 Å². The molecule has 1 fully saturated rings. The lowest BCUT2D eigenvalue weighted by Crippen LogP contribution is -2.56. The van der Waals surface area contributed by atoms with Crippen LogP contribution >= 0.6 is 0 Å². The van der Waals surface area contributed by atoms with Gasteiger partial charge in [-0.25, -0.2) is 0 Å². The fourth-order valence-corrected chi connectivity index (χ4v) is 3.22. The van der Waals surface area contributed by atoms with Crippen molar-refractivity contribution in [2.75, 3.05) is 19.6 Å². The van der Waals surface area contributed by atoms with Crippen LogP contribution in [0.1, 0.15) is 38.8 Å². The van der Waals surface area contributed by atoms with Gasteiger partial charge >= 0.3 is 0 Å². The van der Waals surface area contributed by atoms with Crippen LogP contribution in [0.2, 0.25) is 0 Å². The van der Waals surface area contributed by atoms with Crippen LogP contribution in [-0.4, -0.2) is 35.7 Å². The third-order valence-electron chi connectivity index (χ3n) is 3.43. The summed E-state index contributed by atoms with van der Waals surface area (Å²) >= 11 is 0. The second-order valence-electron chi connectivity index (χ2n) is 6.97. The normalized spacial score (nSPS) is 20.6. The van der Waals surface area contributed by atoms with Gasteiger partial charge in [0.25, 0.3) is 0 Å². The van der Waals surface area contributed by atoms with Crippen molar-refractivity contribution >= 4 is 0 Å². The van der Waals surface area contributed by atoms with E-state index in [-0.39, 0.29) is 11.2 Å². The molecule has 3 nitrogen and oxygen atoms in total. The highest BCUT2D eigenvalue weighted by Crippen LogP contribution is 2.28. The van der Waals surface area contributed by atoms with Crippen molar-refractivity contribution in [1.82, 2.24) is 4.90 Å². The Bertz CT molecular complexity index is 536. The van der Waals surface area contributed by atoms with Gasteiger partial charge in [0.15, 0.2) is 0 Å². The van der Waals surface area contributed by atoms with Crippen molar-refractivity contribution in [3.63, 3.8) is 0 Å². The van der Waals surface area contributed by atoms with Gasteiger partial charge in [-0.2, -0.15) is 0 Å². The number of morpholine rings is 1. The first-order valence-electron chi connectivity index (χ1n) is 7.50. The first-order valence-corrected chi connectivity index (χ1v) is 7.50. The van der Waals surface area contributed by atoms with E-state index in [1.165, 1.54) is 5.56 Å². The molecule has 2 N–H and O–H groups in total. The highest BCUT2D eigenvalue weighted by molar-refractivity contribution is 5.37. The summed E-state index contributed by atoms with van der Waals surface area (Å²) in [4.78, 5) is 2.46. The number of hydrogen-bond donors (Lipinski definition) is 1. The van der Waals surface area contributed by atoms with E-state index in [2.05, 4.69) is 62.6 Å². The second-order valence-corrected chi connectivity index (χ2v) is 6.97. The molecular weight excluding hydrogens is 260 g/mol. The standard InChI is InChI=1S/C18H26N2O/c1-17(2)13-20(14-18(3,4)21-17)12-16-8-5-7-15(11-16)9-6-10-19/h5,7-8,11H,10,12-14,19H2,1-4H3. The van der Waals surface area contributed by atoms with E-state index in [4.69, 9.17) is 10.5 Å². The average Bonchev–Trinajstić information content (AvgIpc) is 2.33. The van der Waals surface area contributed by atoms with Crippen LogP contribution in [0.3, 0.4) is 0 Å². The maximum atomic E-state index is 6.13. The van der Waals surface area contributed by atoms with Crippen LogP contribution in [0.25, 0.3) is 0 Å². The third kappa shape index (κ3) is 4.86. The fourth-order valence-electron chi connectivity index (χ4n) is 3.22. The Labute approximate surface area is 128 Å². The first kappa shape index (κ1) is 16.0. The van der Waals surface area contributed by atoms with E-state index in [1.807, 2.05) is 6.07 Å². The maximum absolute atomic E-state index is 6.13. The van der Waals surface area contributed by atoms with Crippen molar-refractivity contribution in [2.24, 2.45) is 5.73 Å². The fraction of sp³-hybridized carbons (Fsp3) is 0.556. The van der Waals surface area contributed by atoms with Gasteiger partial charge in [-0.3, -0.25) is 4.90 Å². The molecule has 1 aliphatic heterocycles. The summed E-state index contributed by atoms with van der Waals surface area (Å²) in [5.74, 6) is 6.00. The van der Waals surface area contributed by atoms with Crippen molar-refractivity contribution in [1.29, 1.82) is 0 Å². The second kappa shape index (κ2) is 6.19. The zero-order chi connectivity index (χ0) is 15.5. The van der Waals surface area contributed by atoms with Gasteiger partial charge in [-0.1, -0.05) is 24.0 Å². The summed E-state index contributed by atoms with van der Waals surface area (Å²) in [5.41, 5.74) is 7.52. The summed E-state index contributed by atoms with van der Waals surface area (Å²) < 4.78 is 6.13.